The number of hydrogen-bond donors (Lipinski definition) is 0. The largest absolute Gasteiger partial charge is 0.296 e. The minimum Gasteiger partial charge on any atom is -0.296 e. The lowest BCUT2D eigenvalue weighted by Crippen LogP contribution is -1.99. The van der Waals surface area contributed by atoms with E-state index >= 15 is 0 Å². The first kappa shape index (κ1) is 9.90. The first-order chi connectivity index (χ1) is 7.36. The Hall–Kier alpha value is -1.64. The van der Waals surface area contributed by atoms with Crippen molar-refractivity contribution >= 4 is 17.2 Å². The van der Waals surface area contributed by atoms with Crippen molar-refractivity contribution < 1.29 is 4.79 Å². The number of unbranched alkanes of at least 4 members (excludes halogenated alkanes) is 1. The van der Waals surface area contributed by atoms with Crippen LogP contribution in [0, 0.1) is 0 Å². The van der Waals surface area contributed by atoms with E-state index in [-0.39, 0.29) is 0 Å². The lowest BCUT2D eigenvalue weighted by molar-refractivity contribution is 0.111. The fraction of sp³-hybridized carbons (Fsp3) is 0.333. The molecule has 1 aromatic heterocycles. The Balaban J connectivity index is 2.50. The molecule has 78 valence electrons. The van der Waals surface area contributed by atoms with Gasteiger partial charge in [-0.25, -0.2) is 0 Å². The number of carbonyl (C=O) groups excluding carboxylic acids is 1. The van der Waals surface area contributed by atoms with Crippen molar-refractivity contribution in [1.29, 1.82) is 0 Å². The van der Waals surface area contributed by atoms with Crippen molar-refractivity contribution in [3.63, 3.8) is 0 Å². The van der Waals surface area contributed by atoms with E-state index in [1.54, 1.807) is 0 Å². The van der Waals surface area contributed by atoms with Gasteiger partial charge in [-0.15, -0.1) is 0 Å². The van der Waals surface area contributed by atoms with E-state index in [4.69, 9.17) is 0 Å². The molecule has 0 aliphatic rings. The molecular formula is C12H14N2O. The molecule has 3 heteroatoms. The molecule has 0 N–H and O–H groups in total. The van der Waals surface area contributed by atoms with Gasteiger partial charge in [0.1, 0.15) is 5.69 Å². The fourth-order valence-corrected chi connectivity index (χ4v) is 1.72. The summed E-state index contributed by atoms with van der Waals surface area (Å²) in [6, 6.07) is 7.85. The predicted octanol–water partition coefficient (Wildman–Crippen LogP) is 2.65. The van der Waals surface area contributed by atoms with Gasteiger partial charge in [0, 0.05) is 11.9 Å². The summed E-state index contributed by atoms with van der Waals surface area (Å²) in [6.07, 6.45) is 3.04. The molecule has 0 radical (unpaired) electrons. The summed E-state index contributed by atoms with van der Waals surface area (Å²) in [5.41, 5.74) is 1.59. The van der Waals surface area contributed by atoms with Gasteiger partial charge >= 0.3 is 0 Å². The molecule has 2 aromatic rings. The summed E-state index contributed by atoms with van der Waals surface area (Å²) in [5.74, 6) is 0. The number of hydrogen-bond acceptors (Lipinski definition) is 2. The highest BCUT2D eigenvalue weighted by atomic mass is 16.1. The molecule has 0 amide bonds. The third-order valence-corrected chi connectivity index (χ3v) is 2.52. The Morgan fingerprint density at radius 2 is 2.20 bits per heavy atom. The van der Waals surface area contributed by atoms with Crippen LogP contribution in [0.1, 0.15) is 30.3 Å². The highest BCUT2D eigenvalue weighted by Gasteiger charge is 2.07. The van der Waals surface area contributed by atoms with E-state index in [2.05, 4.69) is 12.0 Å². The Morgan fingerprint density at radius 1 is 1.40 bits per heavy atom. The zero-order chi connectivity index (χ0) is 10.7. The monoisotopic (exact) mass is 202 g/mol. The quantitative estimate of drug-likeness (QED) is 0.714. The van der Waals surface area contributed by atoms with Crippen molar-refractivity contribution in [3.05, 3.63) is 30.0 Å². The highest BCUT2D eigenvalue weighted by Crippen LogP contribution is 2.17. The number of rotatable bonds is 4. The molecule has 3 nitrogen and oxygen atoms in total. The van der Waals surface area contributed by atoms with E-state index < -0.39 is 0 Å². The highest BCUT2D eigenvalue weighted by molar-refractivity contribution is 5.95. The van der Waals surface area contributed by atoms with E-state index in [1.165, 1.54) is 0 Å². The zero-order valence-electron chi connectivity index (χ0n) is 8.81. The summed E-state index contributed by atoms with van der Waals surface area (Å²) in [5, 5.41) is 5.24. The van der Waals surface area contributed by atoms with Gasteiger partial charge in [0.25, 0.3) is 0 Å². The summed E-state index contributed by atoms with van der Waals surface area (Å²) in [4.78, 5) is 10.8. The topological polar surface area (TPSA) is 34.9 Å². The zero-order valence-corrected chi connectivity index (χ0v) is 8.81. The molecule has 0 bridgehead atoms. The molecule has 15 heavy (non-hydrogen) atoms. The number of carbonyl (C=O) groups is 1. The predicted molar refractivity (Wildman–Crippen MR) is 60.0 cm³/mol. The normalized spacial score (nSPS) is 10.7. The Kier molecular flexibility index (Phi) is 2.81. The first-order valence-electron chi connectivity index (χ1n) is 5.27. The molecule has 0 spiro atoms. The third-order valence-electron chi connectivity index (χ3n) is 2.52. The van der Waals surface area contributed by atoms with Crippen LogP contribution in [0.4, 0.5) is 0 Å². The van der Waals surface area contributed by atoms with Crippen molar-refractivity contribution in [2.75, 3.05) is 0 Å². The Labute approximate surface area is 88.7 Å². The van der Waals surface area contributed by atoms with Crippen LogP contribution >= 0.6 is 0 Å². The Morgan fingerprint density at radius 3 is 2.93 bits per heavy atom. The van der Waals surface area contributed by atoms with Crippen LogP contribution in [-0.2, 0) is 6.54 Å². The minimum atomic E-state index is 0.543. The number of aryl methyl sites for hydroxylation is 1. The maximum atomic E-state index is 10.8. The van der Waals surface area contributed by atoms with E-state index in [9.17, 15) is 4.79 Å². The number of aromatic nitrogens is 2. The average Bonchev–Trinajstić information content (AvgIpc) is 2.65. The summed E-state index contributed by atoms with van der Waals surface area (Å²) in [6.45, 7) is 3.02. The molecule has 0 fully saturated rings. The van der Waals surface area contributed by atoms with Crippen LogP contribution in [0.5, 0.6) is 0 Å². The van der Waals surface area contributed by atoms with Gasteiger partial charge in [-0.3, -0.25) is 9.48 Å². The molecular weight excluding hydrogens is 188 g/mol. The molecule has 0 aliphatic carbocycles. The number of nitrogens with zero attached hydrogens (tertiary/aromatic N) is 2. The van der Waals surface area contributed by atoms with E-state index in [0.29, 0.717) is 5.69 Å². The van der Waals surface area contributed by atoms with E-state index in [1.807, 2.05) is 28.9 Å². The standard InChI is InChI=1S/C12H14N2O/c1-2-3-8-14-12-7-5-4-6-10(12)11(9-15)13-14/h4-7,9H,2-3,8H2,1H3. The summed E-state index contributed by atoms with van der Waals surface area (Å²) in [7, 11) is 0. The molecule has 2 rings (SSSR count). The van der Waals surface area contributed by atoms with Crippen molar-refractivity contribution in [1.82, 2.24) is 9.78 Å². The summed E-state index contributed by atoms with van der Waals surface area (Å²) < 4.78 is 1.92. The fourth-order valence-electron chi connectivity index (χ4n) is 1.72. The molecule has 0 saturated heterocycles. The number of aldehydes is 1. The second-order valence-corrected chi connectivity index (χ2v) is 3.60. The van der Waals surface area contributed by atoms with E-state index in [0.717, 1.165) is 36.6 Å². The van der Waals surface area contributed by atoms with Gasteiger partial charge in [0.15, 0.2) is 6.29 Å². The molecule has 1 aromatic carbocycles. The van der Waals surface area contributed by atoms with Crippen LogP contribution in [0.25, 0.3) is 10.9 Å². The van der Waals surface area contributed by atoms with Gasteiger partial charge in [0.05, 0.1) is 5.52 Å². The number of fused-ring (bicyclic) bond motifs is 1. The minimum absolute atomic E-state index is 0.543. The van der Waals surface area contributed by atoms with Crippen LogP contribution in [0.2, 0.25) is 0 Å². The van der Waals surface area contributed by atoms with Crippen LogP contribution in [0.3, 0.4) is 0 Å². The SMILES string of the molecule is CCCCn1nc(C=O)c2ccccc21. The van der Waals surface area contributed by atoms with Crippen LogP contribution < -0.4 is 0 Å². The number of para-hydroxylation sites is 1. The maximum absolute atomic E-state index is 10.8. The molecule has 0 unspecified atom stereocenters. The van der Waals surface area contributed by atoms with Gasteiger partial charge in [-0.05, 0) is 12.5 Å². The van der Waals surface area contributed by atoms with Crippen LogP contribution in [-0.4, -0.2) is 16.1 Å². The maximum Gasteiger partial charge on any atom is 0.170 e. The van der Waals surface area contributed by atoms with Gasteiger partial charge in [-0.1, -0.05) is 31.5 Å². The molecule has 0 aliphatic heterocycles. The second-order valence-electron chi connectivity index (χ2n) is 3.60. The molecule has 0 saturated carbocycles. The summed E-state index contributed by atoms with van der Waals surface area (Å²) >= 11 is 0. The van der Waals surface area contributed by atoms with Crippen molar-refractivity contribution in [2.45, 2.75) is 26.3 Å². The van der Waals surface area contributed by atoms with Crippen LogP contribution in [0.15, 0.2) is 24.3 Å². The molecule has 1 heterocycles. The van der Waals surface area contributed by atoms with Gasteiger partial charge in [-0.2, -0.15) is 5.10 Å². The lowest BCUT2D eigenvalue weighted by Gasteiger charge is -2.00. The number of benzene rings is 1. The van der Waals surface area contributed by atoms with Crippen molar-refractivity contribution in [3.8, 4) is 0 Å². The molecule has 0 atom stereocenters. The first-order valence-corrected chi connectivity index (χ1v) is 5.27. The van der Waals surface area contributed by atoms with Gasteiger partial charge < -0.3 is 0 Å². The van der Waals surface area contributed by atoms with Gasteiger partial charge in [0.2, 0.25) is 0 Å². The third kappa shape index (κ3) is 1.77. The Bertz CT molecular complexity index is 473. The lowest BCUT2D eigenvalue weighted by atomic mass is 10.2. The second kappa shape index (κ2) is 4.26. The smallest absolute Gasteiger partial charge is 0.170 e. The van der Waals surface area contributed by atoms with Crippen molar-refractivity contribution in [2.24, 2.45) is 0 Å². The average molecular weight is 202 g/mol.